The van der Waals surface area contributed by atoms with Gasteiger partial charge in [-0.15, -0.1) is 11.6 Å². The maximum Gasteiger partial charge on any atom is 0.123 e. The first-order chi connectivity index (χ1) is 7.41. The Kier molecular flexibility index (Phi) is 4.79. The number of aryl methyl sites for hydroxylation is 1. The van der Waals surface area contributed by atoms with E-state index >= 15 is 0 Å². The standard InChI is InChI=1S/C14H20ClF/c1-9(2)14(11(4)15)8-12-5-6-13(16)7-10(12)3/h5-7,9,11,14H,8H2,1-4H3. The molecule has 2 heteroatoms. The lowest BCUT2D eigenvalue weighted by atomic mass is 9.85. The maximum absolute atomic E-state index is 13.0. The van der Waals surface area contributed by atoms with Gasteiger partial charge in [-0.1, -0.05) is 19.9 Å². The highest BCUT2D eigenvalue weighted by atomic mass is 35.5. The number of benzene rings is 1. The Balaban J connectivity index is 2.85. The van der Waals surface area contributed by atoms with Crippen LogP contribution in [0.2, 0.25) is 0 Å². The van der Waals surface area contributed by atoms with Crippen LogP contribution in [0.4, 0.5) is 4.39 Å². The number of hydrogen-bond donors (Lipinski definition) is 0. The largest absolute Gasteiger partial charge is 0.207 e. The number of hydrogen-bond acceptors (Lipinski definition) is 0. The zero-order chi connectivity index (χ0) is 12.3. The van der Waals surface area contributed by atoms with Gasteiger partial charge in [0, 0.05) is 5.38 Å². The van der Waals surface area contributed by atoms with Gasteiger partial charge in [0.1, 0.15) is 5.82 Å². The molecule has 0 fully saturated rings. The molecule has 1 rings (SSSR count). The van der Waals surface area contributed by atoms with Gasteiger partial charge in [-0.3, -0.25) is 0 Å². The van der Waals surface area contributed by atoms with Crippen molar-refractivity contribution < 1.29 is 4.39 Å². The van der Waals surface area contributed by atoms with E-state index in [0.717, 1.165) is 12.0 Å². The van der Waals surface area contributed by atoms with Gasteiger partial charge in [-0.05, 0) is 55.4 Å². The average Bonchev–Trinajstić information content (AvgIpc) is 2.15. The van der Waals surface area contributed by atoms with Gasteiger partial charge >= 0.3 is 0 Å². The quantitative estimate of drug-likeness (QED) is 0.679. The molecule has 0 amide bonds. The van der Waals surface area contributed by atoms with Crippen LogP contribution < -0.4 is 0 Å². The van der Waals surface area contributed by atoms with E-state index in [0.29, 0.717) is 11.8 Å². The molecule has 0 saturated heterocycles. The van der Waals surface area contributed by atoms with Crippen molar-refractivity contribution in [2.75, 3.05) is 0 Å². The summed E-state index contributed by atoms with van der Waals surface area (Å²) in [4.78, 5) is 0. The molecule has 1 aromatic rings. The third kappa shape index (κ3) is 3.48. The predicted molar refractivity (Wildman–Crippen MR) is 68.5 cm³/mol. The summed E-state index contributed by atoms with van der Waals surface area (Å²) >= 11 is 6.20. The lowest BCUT2D eigenvalue weighted by molar-refractivity contribution is 0.376. The van der Waals surface area contributed by atoms with Crippen LogP contribution in [0, 0.1) is 24.6 Å². The van der Waals surface area contributed by atoms with Crippen molar-refractivity contribution in [2.45, 2.75) is 39.5 Å². The van der Waals surface area contributed by atoms with Gasteiger partial charge in [0.2, 0.25) is 0 Å². The molecule has 90 valence electrons. The molecule has 1 aromatic carbocycles. The van der Waals surface area contributed by atoms with Crippen molar-refractivity contribution in [1.29, 1.82) is 0 Å². The average molecular weight is 243 g/mol. The summed E-state index contributed by atoms with van der Waals surface area (Å²) in [5, 5.41) is 0.143. The Morgan fingerprint density at radius 1 is 1.25 bits per heavy atom. The number of alkyl halides is 1. The van der Waals surface area contributed by atoms with E-state index in [1.54, 1.807) is 6.07 Å². The molecule has 2 unspecified atom stereocenters. The highest BCUT2D eigenvalue weighted by Gasteiger charge is 2.20. The van der Waals surface area contributed by atoms with Crippen LogP contribution in [-0.4, -0.2) is 5.38 Å². The van der Waals surface area contributed by atoms with E-state index in [2.05, 4.69) is 13.8 Å². The molecule has 0 N–H and O–H groups in total. The second kappa shape index (κ2) is 5.67. The molecule has 0 bridgehead atoms. The van der Waals surface area contributed by atoms with E-state index in [9.17, 15) is 4.39 Å². The molecule has 0 spiro atoms. The van der Waals surface area contributed by atoms with E-state index in [-0.39, 0.29) is 11.2 Å². The Labute approximate surface area is 103 Å². The molecule has 0 aliphatic rings. The van der Waals surface area contributed by atoms with Crippen LogP contribution in [0.1, 0.15) is 31.9 Å². The van der Waals surface area contributed by atoms with Gasteiger partial charge < -0.3 is 0 Å². The monoisotopic (exact) mass is 242 g/mol. The Morgan fingerprint density at radius 2 is 1.88 bits per heavy atom. The lowest BCUT2D eigenvalue weighted by Gasteiger charge is -2.24. The molecular weight excluding hydrogens is 223 g/mol. The van der Waals surface area contributed by atoms with Crippen LogP contribution in [0.25, 0.3) is 0 Å². The smallest absolute Gasteiger partial charge is 0.123 e. The van der Waals surface area contributed by atoms with Gasteiger partial charge in [0.25, 0.3) is 0 Å². The minimum Gasteiger partial charge on any atom is -0.207 e. The lowest BCUT2D eigenvalue weighted by Crippen LogP contribution is -2.21. The summed E-state index contributed by atoms with van der Waals surface area (Å²) in [5.74, 6) is 0.809. The van der Waals surface area contributed by atoms with Gasteiger partial charge in [-0.25, -0.2) is 4.39 Å². The summed E-state index contributed by atoms with van der Waals surface area (Å²) in [6.07, 6.45) is 0.925. The van der Waals surface area contributed by atoms with E-state index in [1.807, 2.05) is 19.9 Å². The molecule has 2 atom stereocenters. The molecule has 0 heterocycles. The van der Waals surface area contributed by atoms with Crippen molar-refractivity contribution in [2.24, 2.45) is 11.8 Å². The summed E-state index contributed by atoms with van der Waals surface area (Å²) in [7, 11) is 0. The molecule has 16 heavy (non-hydrogen) atoms. The van der Waals surface area contributed by atoms with Gasteiger partial charge in [0.05, 0.1) is 0 Å². The first kappa shape index (κ1) is 13.5. The Hall–Kier alpha value is -0.560. The first-order valence-electron chi connectivity index (χ1n) is 5.81. The molecule has 0 aromatic heterocycles. The van der Waals surface area contributed by atoms with Crippen LogP contribution in [-0.2, 0) is 6.42 Å². The highest BCUT2D eigenvalue weighted by Crippen LogP contribution is 2.25. The van der Waals surface area contributed by atoms with Gasteiger partial charge in [0.15, 0.2) is 0 Å². The number of halogens is 2. The van der Waals surface area contributed by atoms with E-state index < -0.39 is 0 Å². The maximum atomic E-state index is 13.0. The minimum absolute atomic E-state index is 0.143. The van der Waals surface area contributed by atoms with E-state index in [4.69, 9.17) is 11.6 Å². The van der Waals surface area contributed by atoms with Crippen LogP contribution in [0.15, 0.2) is 18.2 Å². The second-order valence-electron chi connectivity index (χ2n) is 4.86. The highest BCUT2D eigenvalue weighted by molar-refractivity contribution is 6.20. The van der Waals surface area contributed by atoms with Crippen LogP contribution in [0.5, 0.6) is 0 Å². The summed E-state index contributed by atoms with van der Waals surface area (Å²) in [6, 6.07) is 4.99. The van der Waals surface area contributed by atoms with Crippen molar-refractivity contribution in [3.63, 3.8) is 0 Å². The molecule has 0 radical (unpaired) electrons. The molecule has 0 aliphatic carbocycles. The molecular formula is C14H20ClF. The molecule has 0 saturated carbocycles. The fourth-order valence-electron chi connectivity index (χ4n) is 2.07. The summed E-state index contributed by atoms with van der Waals surface area (Å²) in [5.41, 5.74) is 2.22. The van der Waals surface area contributed by atoms with Gasteiger partial charge in [-0.2, -0.15) is 0 Å². The summed E-state index contributed by atoms with van der Waals surface area (Å²) < 4.78 is 13.0. The molecule has 0 aliphatic heterocycles. The van der Waals surface area contributed by atoms with E-state index in [1.165, 1.54) is 11.6 Å². The fraction of sp³-hybridized carbons (Fsp3) is 0.571. The second-order valence-corrected chi connectivity index (χ2v) is 5.55. The van der Waals surface area contributed by atoms with Crippen molar-refractivity contribution >= 4 is 11.6 Å². The normalized spacial score (nSPS) is 15.2. The third-order valence-corrected chi connectivity index (χ3v) is 3.53. The fourth-order valence-corrected chi connectivity index (χ4v) is 2.45. The Bertz CT molecular complexity index is 337. The summed E-state index contributed by atoms with van der Waals surface area (Å²) in [6.45, 7) is 8.35. The zero-order valence-electron chi connectivity index (χ0n) is 10.4. The topological polar surface area (TPSA) is 0 Å². The minimum atomic E-state index is -0.165. The predicted octanol–water partition coefficient (Wildman–Crippen LogP) is 4.58. The number of rotatable bonds is 4. The SMILES string of the molecule is Cc1cc(F)ccc1CC(C(C)C)C(C)Cl. The third-order valence-electron chi connectivity index (χ3n) is 3.21. The zero-order valence-corrected chi connectivity index (χ0v) is 11.2. The van der Waals surface area contributed by atoms with Crippen LogP contribution in [0.3, 0.4) is 0 Å². The van der Waals surface area contributed by atoms with Crippen molar-refractivity contribution in [3.8, 4) is 0 Å². The van der Waals surface area contributed by atoms with Crippen molar-refractivity contribution in [1.82, 2.24) is 0 Å². The van der Waals surface area contributed by atoms with Crippen molar-refractivity contribution in [3.05, 3.63) is 35.1 Å². The molecule has 0 nitrogen and oxygen atoms in total. The Morgan fingerprint density at radius 3 is 2.31 bits per heavy atom. The first-order valence-corrected chi connectivity index (χ1v) is 6.24. The van der Waals surface area contributed by atoms with Crippen LogP contribution >= 0.6 is 11.6 Å².